The first kappa shape index (κ1) is 24.3. The van der Waals surface area contributed by atoms with Gasteiger partial charge in [0.25, 0.3) is 0 Å². The molecule has 0 bridgehead atoms. The molecular weight excluding hydrogens is 503 g/mol. The zero-order valence-corrected chi connectivity index (χ0v) is 22.8. The zero-order valence-electron chi connectivity index (χ0n) is 21.9. The molecule has 0 spiro atoms. The molecule has 0 N–H and O–H groups in total. The Balaban J connectivity index is 1.40. The van der Waals surface area contributed by atoms with Crippen molar-refractivity contribution in [2.45, 2.75) is 0 Å². The fourth-order valence-corrected chi connectivity index (χ4v) is 8.48. The monoisotopic (exact) mass is 530 g/mol. The maximum Gasteiger partial charge on any atom is 0.171 e. The summed E-state index contributed by atoms with van der Waals surface area (Å²) in [5.74, 6) is 0. The first-order valence-electron chi connectivity index (χ1n) is 13.5. The van der Waals surface area contributed by atoms with Crippen LogP contribution in [0.1, 0.15) is 0 Å². The summed E-state index contributed by atoms with van der Waals surface area (Å²) < 4.78 is 15.0. The molecule has 0 atom stereocenters. The minimum absolute atomic E-state index is 0.836. The summed E-state index contributed by atoms with van der Waals surface area (Å²) in [7, 11) is -3.06. The van der Waals surface area contributed by atoms with Gasteiger partial charge in [-0.3, -0.25) is 0 Å². The van der Waals surface area contributed by atoms with E-state index in [0.717, 1.165) is 27.0 Å². The molecule has 1 nitrogen and oxygen atoms in total. The Morgan fingerprint density at radius 3 is 1.40 bits per heavy atom. The Labute approximate surface area is 234 Å². The van der Waals surface area contributed by atoms with Gasteiger partial charge >= 0.3 is 0 Å². The molecule has 2 heteroatoms. The van der Waals surface area contributed by atoms with Crippen LogP contribution in [0, 0.1) is 0 Å². The Morgan fingerprint density at radius 2 is 0.800 bits per heavy atom. The lowest BCUT2D eigenvalue weighted by molar-refractivity contribution is 0.592. The summed E-state index contributed by atoms with van der Waals surface area (Å²) >= 11 is 0. The van der Waals surface area contributed by atoms with Crippen molar-refractivity contribution in [2.75, 3.05) is 0 Å². The molecule has 0 aliphatic rings. The van der Waals surface area contributed by atoms with Crippen LogP contribution in [-0.2, 0) is 4.57 Å². The largest absolute Gasteiger partial charge is 0.309 e. The molecule has 0 saturated heterocycles. The van der Waals surface area contributed by atoms with Crippen LogP contribution in [0.5, 0.6) is 0 Å². The van der Waals surface area contributed by atoms with Gasteiger partial charge in [0, 0.05) is 15.9 Å². The van der Waals surface area contributed by atoms with Gasteiger partial charge in [-0.2, -0.15) is 0 Å². The predicted octanol–water partition coefficient (Wildman–Crippen LogP) is 8.97. The lowest BCUT2D eigenvalue weighted by atomic mass is 9.90. The number of hydrogen-bond donors (Lipinski definition) is 0. The minimum Gasteiger partial charge on any atom is -0.309 e. The summed E-state index contributed by atoms with van der Waals surface area (Å²) in [6.45, 7) is 0. The Kier molecular flexibility index (Phi) is 6.16. The molecule has 7 rings (SSSR count). The van der Waals surface area contributed by atoms with Crippen LogP contribution in [0.15, 0.2) is 164 Å². The average molecular weight is 531 g/mol. The number of benzene rings is 7. The van der Waals surface area contributed by atoms with Gasteiger partial charge in [0.2, 0.25) is 0 Å². The van der Waals surface area contributed by atoms with E-state index in [0.29, 0.717) is 0 Å². The highest BCUT2D eigenvalue weighted by Gasteiger charge is 2.29. The van der Waals surface area contributed by atoms with E-state index in [9.17, 15) is 4.57 Å². The van der Waals surface area contributed by atoms with Crippen molar-refractivity contribution >= 4 is 44.6 Å². The van der Waals surface area contributed by atoms with Crippen LogP contribution < -0.4 is 15.9 Å². The van der Waals surface area contributed by atoms with E-state index < -0.39 is 7.14 Å². The van der Waals surface area contributed by atoms with Gasteiger partial charge in [-0.25, -0.2) is 0 Å². The summed E-state index contributed by atoms with van der Waals surface area (Å²) in [4.78, 5) is 0. The van der Waals surface area contributed by atoms with Gasteiger partial charge in [-0.1, -0.05) is 146 Å². The number of rotatable bonds is 5. The summed E-state index contributed by atoms with van der Waals surface area (Å²) in [6, 6.07) is 56.2. The highest BCUT2D eigenvalue weighted by molar-refractivity contribution is 7.85. The first-order chi connectivity index (χ1) is 19.7. The van der Waals surface area contributed by atoms with E-state index in [1.807, 2.05) is 72.8 Å². The molecule has 0 unspecified atom stereocenters. The fraction of sp³-hybridized carbons (Fsp3) is 0. The van der Waals surface area contributed by atoms with E-state index in [4.69, 9.17) is 0 Å². The SMILES string of the molecule is O=P(c1ccccc1)(c1ccccc1)c1cccc(-c2cccc(-c3c4ccccc4cc4ccccc34)c2)c1. The highest BCUT2D eigenvalue weighted by atomic mass is 31.2. The van der Waals surface area contributed by atoms with E-state index in [2.05, 4.69) is 91.0 Å². The van der Waals surface area contributed by atoms with Crippen LogP contribution in [-0.4, -0.2) is 0 Å². The second-order valence-corrected chi connectivity index (χ2v) is 12.9. The Hall–Kier alpha value is -4.71. The molecule has 40 heavy (non-hydrogen) atoms. The fourth-order valence-electron chi connectivity index (χ4n) is 5.78. The van der Waals surface area contributed by atoms with Crippen molar-refractivity contribution in [1.29, 1.82) is 0 Å². The standard InChI is InChI=1S/C38H27OP/c39-40(33-18-3-1-4-19-33,34-20-5-2-6-21-34)35-22-12-16-29(27-35)28-15-11-17-32(25-28)38-36-23-9-7-13-30(36)26-31-14-8-10-24-37(31)38/h1-27H. The van der Waals surface area contributed by atoms with Crippen molar-refractivity contribution < 1.29 is 4.57 Å². The third-order valence-corrected chi connectivity index (χ3v) is 10.8. The molecule has 7 aromatic carbocycles. The van der Waals surface area contributed by atoms with Crippen molar-refractivity contribution in [3.05, 3.63) is 164 Å². The molecule has 190 valence electrons. The van der Waals surface area contributed by atoms with Gasteiger partial charge in [0.05, 0.1) is 0 Å². The van der Waals surface area contributed by atoms with Crippen molar-refractivity contribution in [2.24, 2.45) is 0 Å². The van der Waals surface area contributed by atoms with E-state index in [1.165, 1.54) is 32.7 Å². The van der Waals surface area contributed by atoms with Gasteiger partial charge in [0.15, 0.2) is 7.14 Å². The van der Waals surface area contributed by atoms with E-state index in [1.54, 1.807) is 0 Å². The topological polar surface area (TPSA) is 17.1 Å². The first-order valence-corrected chi connectivity index (χ1v) is 15.3. The number of fused-ring (bicyclic) bond motifs is 2. The molecule has 0 aliphatic heterocycles. The van der Waals surface area contributed by atoms with E-state index >= 15 is 0 Å². The molecular formula is C38H27OP. The summed E-state index contributed by atoms with van der Waals surface area (Å²) in [5.41, 5.74) is 4.57. The zero-order chi connectivity index (χ0) is 26.9. The molecule has 0 aliphatic carbocycles. The molecule has 7 aromatic rings. The molecule has 0 amide bonds. The van der Waals surface area contributed by atoms with Crippen LogP contribution in [0.4, 0.5) is 0 Å². The molecule has 0 radical (unpaired) electrons. The van der Waals surface area contributed by atoms with Crippen molar-refractivity contribution in [3.63, 3.8) is 0 Å². The second kappa shape index (κ2) is 10.1. The highest BCUT2D eigenvalue weighted by Crippen LogP contribution is 2.43. The van der Waals surface area contributed by atoms with Crippen molar-refractivity contribution in [3.8, 4) is 22.3 Å². The second-order valence-electron chi connectivity index (χ2n) is 10.1. The van der Waals surface area contributed by atoms with Crippen LogP contribution >= 0.6 is 7.14 Å². The Bertz CT molecular complexity index is 1930. The van der Waals surface area contributed by atoms with Gasteiger partial charge in [-0.05, 0) is 62.0 Å². The molecule has 0 saturated carbocycles. The molecule has 0 fully saturated rings. The smallest absolute Gasteiger partial charge is 0.171 e. The normalized spacial score (nSPS) is 11.6. The van der Waals surface area contributed by atoms with Gasteiger partial charge in [0.1, 0.15) is 0 Å². The summed E-state index contributed by atoms with van der Waals surface area (Å²) in [5, 5.41) is 7.46. The average Bonchev–Trinajstić information content (AvgIpc) is 3.04. The minimum atomic E-state index is -3.06. The van der Waals surface area contributed by atoms with Crippen molar-refractivity contribution in [1.82, 2.24) is 0 Å². The van der Waals surface area contributed by atoms with E-state index in [-0.39, 0.29) is 0 Å². The van der Waals surface area contributed by atoms with Gasteiger partial charge < -0.3 is 4.57 Å². The predicted molar refractivity (Wildman–Crippen MR) is 172 cm³/mol. The maximum atomic E-state index is 15.0. The van der Waals surface area contributed by atoms with Crippen LogP contribution in [0.2, 0.25) is 0 Å². The van der Waals surface area contributed by atoms with Crippen LogP contribution in [0.3, 0.4) is 0 Å². The number of hydrogen-bond acceptors (Lipinski definition) is 1. The lowest BCUT2D eigenvalue weighted by Crippen LogP contribution is -2.25. The third-order valence-electron chi connectivity index (χ3n) is 7.71. The Morgan fingerprint density at radius 1 is 0.350 bits per heavy atom. The quantitative estimate of drug-likeness (QED) is 0.160. The molecule has 0 aromatic heterocycles. The third kappa shape index (κ3) is 4.16. The maximum absolute atomic E-state index is 15.0. The van der Waals surface area contributed by atoms with Crippen LogP contribution in [0.25, 0.3) is 43.8 Å². The lowest BCUT2D eigenvalue weighted by Gasteiger charge is -2.21. The van der Waals surface area contributed by atoms with Gasteiger partial charge in [-0.15, -0.1) is 0 Å². The molecule has 0 heterocycles. The summed E-state index contributed by atoms with van der Waals surface area (Å²) in [6.07, 6.45) is 0.